The first kappa shape index (κ1) is 27.5. The first-order chi connectivity index (χ1) is 19.4. The number of aromatic nitrogens is 2. The summed E-state index contributed by atoms with van der Waals surface area (Å²) in [5.74, 6) is -1.26. The van der Waals surface area contributed by atoms with Crippen LogP contribution in [0.25, 0.3) is 32.1 Å². The summed E-state index contributed by atoms with van der Waals surface area (Å²) >= 11 is 7.78. The van der Waals surface area contributed by atoms with E-state index in [2.05, 4.69) is 16.0 Å². The highest BCUT2D eigenvalue weighted by molar-refractivity contribution is 7.19. The summed E-state index contributed by atoms with van der Waals surface area (Å²) in [6.07, 6.45) is -0.0249. The number of anilines is 1. The van der Waals surface area contributed by atoms with Crippen molar-refractivity contribution >= 4 is 55.8 Å². The third-order valence-electron chi connectivity index (χ3n) is 7.57. The van der Waals surface area contributed by atoms with Crippen molar-refractivity contribution < 1.29 is 22.7 Å². The number of halogens is 4. The second-order valence-electron chi connectivity index (χ2n) is 11.4. The topological polar surface area (TPSA) is 82.3 Å². The Morgan fingerprint density at radius 1 is 1.17 bits per heavy atom. The maximum Gasteiger partial charge on any atom is 0.410 e. The number of ether oxygens (including phenoxy) is 1. The standard InChI is InChI=1S/C29H25ClF3N5O2S/c1-13-18(10-34)21-16(7-8-20(31)25(21)41-13)22-19(30)9-17-24(23(22)32)35-27(33)36-26(17)37-11-14-5-6-15(12-37)38(14)28(39)40-29(2,3)4/h7-9,14-15H,5-6,11-12H2,1-4H3. The second kappa shape index (κ2) is 9.74. The number of benzene rings is 2. The molecular formula is C29H25ClF3N5O2S. The molecule has 1 amide bonds. The summed E-state index contributed by atoms with van der Waals surface area (Å²) in [4.78, 5) is 24.9. The summed E-state index contributed by atoms with van der Waals surface area (Å²) in [5.41, 5.74) is -0.578. The molecule has 7 nitrogen and oxygen atoms in total. The molecule has 2 aromatic heterocycles. The van der Waals surface area contributed by atoms with Crippen molar-refractivity contribution in [1.82, 2.24) is 14.9 Å². The van der Waals surface area contributed by atoms with Crippen molar-refractivity contribution in [3.8, 4) is 17.2 Å². The molecule has 0 N–H and O–H groups in total. The first-order valence-electron chi connectivity index (χ1n) is 13.1. The lowest BCUT2D eigenvalue weighted by Crippen LogP contribution is -2.57. The van der Waals surface area contributed by atoms with E-state index in [4.69, 9.17) is 16.3 Å². The van der Waals surface area contributed by atoms with Crippen molar-refractivity contribution in [2.24, 2.45) is 0 Å². The molecule has 2 aliphatic heterocycles. The summed E-state index contributed by atoms with van der Waals surface area (Å²) < 4.78 is 51.7. The number of fused-ring (bicyclic) bond motifs is 4. The number of piperazine rings is 1. The number of amides is 1. The molecule has 6 rings (SSSR count). The van der Waals surface area contributed by atoms with Crippen LogP contribution in [0.4, 0.5) is 23.8 Å². The van der Waals surface area contributed by atoms with Gasteiger partial charge < -0.3 is 9.64 Å². The molecule has 2 aliphatic rings. The number of hydrogen-bond donors (Lipinski definition) is 0. The third-order valence-corrected chi connectivity index (χ3v) is 8.98. The van der Waals surface area contributed by atoms with Crippen LogP contribution in [-0.4, -0.2) is 51.7 Å². The predicted octanol–water partition coefficient (Wildman–Crippen LogP) is 7.35. The van der Waals surface area contributed by atoms with Crippen LogP contribution in [0.5, 0.6) is 0 Å². The Balaban J connectivity index is 1.45. The minimum absolute atomic E-state index is 0.0116. The van der Waals surface area contributed by atoms with Crippen molar-refractivity contribution in [3.05, 3.63) is 51.4 Å². The van der Waals surface area contributed by atoms with E-state index < -0.39 is 29.4 Å². The van der Waals surface area contributed by atoms with Crippen LogP contribution < -0.4 is 4.90 Å². The number of nitrogens with zero attached hydrogens (tertiary/aromatic N) is 5. The summed E-state index contributed by atoms with van der Waals surface area (Å²) in [7, 11) is 0. The smallest absolute Gasteiger partial charge is 0.410 e. The largest absolute Gasteiger partial charge is 0.444 e. The Morgan fingerprint density at radius 2 is 1.85 bits per heavy atom. The monoisotopic (exact) mass is 599 g/mol. The number of aryl methyl sites for hydroxylation is 1. The van der Waals surface area contributed by atoms with Gasteiger partial charge in [0.25, 0.3) is 0 Å². The highest BCUT2D eigenvalue weighted by Gasteiger charge is 2.45. The molecular weight excluding hydrogens is 575 g/mol. The van der Waals surface area contributed by atoms with Gasteiger partial charge in [-0.05, 0) is 58.2 Å². The minimum atomic E-state index is -1.12. The zero-order valence-corrected chi connectivity index (χ0v) is 24.3. The van der Waals surface area contributed by atoms with Gasteiger partial charge in [-0.25, -0.2) is 13.6 Å². The zero-order valence-electron chi connectivity index (χ0n) is 22.7. The maximum atomic E-state index is 16.3. The van der Waals surface area contributed by atoms with E-state index in [1.54, 1.807) is 11.8 Å². The van der Waals surface area contributed by atoms with E-state index in [1.165, 1.54) is 18.2 Å². The lowest BCUT2D eigenvalue weighted by molar-refractivity contribution is 0.0122. The predicted molar refractivity (Wildman–Crippen MR) is 152 cm³/mol. The summed E-state index contributed by atoms with van der Waals surface area (Å²) in [5, 5.41) is 10.2. The molecule has 2 atom stereocenters. The van der Waals surface area contributed by atoms with Gasteiger partial charge in [-0.2, -0.15) is 19.6 Å². The molecule has 2 fully saturated rings. The SMILES string of the molecule is Cc1sc2c(F)ccc(-c3c(Cl)cc4c(N5CC6CCC(C5)N6C(=O)OC(C)(C)C)nc(F)nc4c3F)c2c1C#N. The quantitative estimate of drug-likeness (QED) is 0.224. The van der Waals surface area contributed by atoms with E-state index in [9.17, 15) is 18.8 Å². The number of nitriles is 1. The van der Waals surface area contributed by atoms with Gasteiger partial charge in [0.15, 0.2) is 5.82 Å². The number of thiophene rings is 1. The van der Waals surface area contributed by atoms with Crippen LogP contribution in [0.3, 0.4) is 0 Å². The Labute approximate surface area is 243 Å². The van der Waals surface area contributed by atoms with E-state index in [0.717, 1.165) is 24.2 Å². The fourth-order valence-corrected chi connectivity index (χ4v) is 7.29. The van der Waals surface area contributed by atoms with Crippen LogP contribution in [-0.2, 0) is 4.74 Å². The van der Waals surface area contributed by atoms with Gasteiger partial charge in [-0.3, -0.25) is 4.90 Å². The Hall–Kier alpha value is -3.62. The van der Waals surface area contributed by atoms with Crippen molar-refractivity contribution in [3.63, 3.8) is 0 Å². The van der Waals surface area contributed by atoms with Gasteiger partial charge >= 0.3 is 12.2 Å². The number of hydrogen-bond acceptors (Lipinski definition) is 7. The van der Waals surface area contributed by atoms with E-state index >= 15 is 4.39 Å². The lowest BCUT2D eigenvalue weighted by Gasteiger charge is -2.42. The fourth-order valence-electron chi connectivity index (χ4n) is 5.96. The molecule has 12 heteroatoms. The van der Waals surface area contributed by atoms with E-state index in [-0.39, 0.29) is 60.6 Å². The van der Waals surface area contributed by atoms with Gasteiger partial charge in [0.05, 0.1) is 27.4 Å². The molecule has 41 heavy (non-hydrogen) atoms. The molecule has 0 saturated carbocycles. The normalized spacial score (nSPS) is 18.8. The Bertz CT molecular complexity index is 1780. The average Bonchev–Trinajstić information content (AvgIpc) is 3.37. The van der Waals surface area contributed by atoms with Gasteiger partial charge in [0.2, 0.25) is 0 Å². The molecule has 2 saturated heterocycles. The number of rotatable bonds is 2. The molecule has 212 valence electrons. The molecule has 0 aliphatic carbocycles. The van der Waals surface area contributed by atoms with Gasteiger partial charge in [0.1, 0.15) is 28.8 Å². The van der Waals surface area contributed by atoms with E-state index in [0.29, 0.717) is 18.0 Å². The van der Waals surface area contributed by atoms with Crippen LogP contribution in [0.15, 0.2) is 18.2 Å². The maximum absolute atomic E-state index is 16.3. The molecule has 2 aromatic carbocycles. The van der Waals surface area contributed by atoms with Crippen molar-refractivity contribution in [2.45, 2.75) is 58.2 Å². The average molecular weight is 600 g/mol. The van der Waals surface area contributed by atoms with Crippen LogP contribution >= 0.6 is 22.9 Å². The molecule has 0 spiro atoms. The highest BCUT2D eigenvalue weighted by Crippen LogP contribution is 2.45. The molecule has 4 heterocycles. The van der Waals surface area contributed by atoms with Crippen LogP contribution in [0.1, 0.15) is 44.1 Å². The Kier molecular flexibility index (Phi) is 6.54. The first-order valence-corrected chi connectivity index (χ1v) is 14.3. The number of carbonyl (C=O) groups is 1. The zero-order chi connectivity index (χ0) is 29.4. The second-order valence-corrected chi connectivity index (χ2v) is 13.0. The minimum Gasteiger partial charge on any atom is -0.444 e. The van der Waals surface area contributed by atoms with Crippen molar-refractivity contribution in [2.75, 3.05) is 18.0 Å². The van der Waals surface area contributed by atoms with E-state index in [1.807, 2.05) is 25.7 Å². The lowest BCUT2D eigenvalue weighted by atomic mass is 9.96. The molecule has 4 aromatic rings. The van der Waals surface area contributed by atoms with Crippen LogP contribution in [0.2, 0.25) is 5.02 Å². The van der Waals surface area contributed by atoms with Gasteiger partial charge in [0, 0.05) is 34.3 Å². The van der Waals surface area contributed by atoms with Crippen LogP contribution in [0, 0.1) is 36.0 Å². The van der Waals surface area contributed by atoms with Gasteiger partial charge in [-0.15, -0.1) is 11.3 Å². The fraction of sp³-hybridized carbons (Fsp3) is 0.379. The molecule has 2 bridgehead atoms. The summed E-state index contributed by atoms with van der Waals surface area (Å²) in [6.45, 7) is 7.81. The molecule has 0 radical (unpaired) electrons. The van der Waals surface area contributed by atoms with Gasteiger partial charge in [-0.1, -0.05) is 17.7 Å². The highest BCUT2D eigenvalue weighted by atomic mass is 35.5. The number of carbonyl (C=O) groups excluding carboxylic acids is 1. The third kappa shape index (κ3) is 4.53. The van der Waals surface area contributed by atoms with Crippen molar-refractivity contribution in [1.29, 1.82) is 5.26 Å². The Morgan fingerprint density at radius 3 is 2.49 bits per heavy atom. The summed E-state index contributed by atoms with van der Waals surface area (Å²) in [6, 6.07) is 5.75. The molecule has 2 unspecified atom stereocenters.